The summed E-state index contributed by atoms with van der Waals surface area (Å²) in [4.78, 5) is 21.0. The van der Waals surface area contributed by atoms with Crippen molar-refractivity contribution >= 4 is 6.09 Å². The van der Waals surface area contributed by atoms with Gasteiger partial charge in [0, 0.05) is 37.3 Å². The van der Waals surface area contributed by atoms with E-state index in [1.165, 1.54) is 0 Å². The summed E-state index contributed by atoms with van der Waals surface area (Å²) in [5, 5.41) is 9.28. The van der Waals surface area contributed by atoms with E-state index < -0.39 is 6.09 Å². The van der Waals surface area contributed by atoms with Gasteiger partial charge in [0.1, 0.15) is 6.10 Å². The number of rotatable bonds is 2. The molecule has 6 heteroatoms. The van der Waals surface area contributed by atoms with Crippen LogP contribution >= 0.6 is 0 Å². The van der Waals surface area contributed by atoms with Crippen molar-refractivity contribution in [3.05, 3.63) is 18.6 Å². The molecule has 1 aromatic heterocycles. The fraction of sp³-hybridized carbons (Fsp3) is 0.615. The first-order chi connectivity index (χ1) is 9.24. The lowest BCUT2D eigenvalue weighted by Gasteiger charge is -2.46. The van der Waals surface area contributed by atoms with Gasteiger partial charge in [-0.1, -0.05) is 0 Å². The number of amides is 1. The number of aromatic nitrogens is 2. The van der Waals surface area contributed by atoms with E-state index in [4.69, 9.17) is 4.74 Å². The Morgan fingerprint density at radius 3 is 2.63 bits per heavy atom. The first-order valence-corrected chi connectivity index (χ1v) is 6.68. The number of fused-ring (bicyclic) bond motifs is 2. The zero-order valence-electron chi connectivity index (χ0n) is 10.6. The zero-order valence-corrected chi connectivity index (χ0v) is 10.6. The van der Waals surface area contributed by atoms with Gasteiger partial charge in [-0.25, -0.2) is 9.78 Å². The quantitative estimate of drug-likeness (QED) is 0.882. The van der Waals surface area contributed by atoms with Gasteiger partial charge in [0.2, 0.25) is 5.88 Å². The fourth-order valence-electron chi connectivity index (χ4n) is 3.26. The molecule has 0 spiro atoms. The van der Waals surface area contributed by atoms with Gasteiger partial charge in [-0.15, -0.1) is 0 Å². The van der Waals surface area contributed by atoms with E-state index in [-0.39, 0.29) is 18.2 Å². The van der Waals surface area contributed by atoms with Crippen LogP contribution in [0.4, 0.5) is 4.79 Å². The lowest BCUT2D eigenvalue weighted by molar-refractivity contribution is -0.00730. The van der Waals surface area contributed by atoms with Gasteiger partial charge in [0.15, 0.2) is 0 Å². The van der Waals surface area contributed by atoms with Crippen molar-refractivity contribution in [2.24, 2.45) is 0 Å². The summed E-state index contributed by atoms with van der Waals surface area (Å²) in [5.41, 5.74) is 0. The van der Waals surface area contributed by atoms with Crippen molar-refractivity contribution in [3.63, 3.8) is 0 Å². The van der Waals surface area contributed by atoms with E-state index in [1.807, 2.05) is 0 Å². The predicted molar refractivity (Wildman–Crippen MR) is 67.0 cm³/mol. The molecule has 1 N–H and O–H groups in total. The molecule has 0 aliphatic carbocycles. The maximum Gasteiger partial charge on any atom is 0.407 e. The molecule has 3 heterocycles. The van der Waals surface area contributed by atoms with E-state index >= 15 is 0 Å². The Labute approximate surface area is 111 Å². The molecule has 102 valence electrons. The van der Waals surface area contributed by atoms with Crippen LogP contribution in [0.15, 0.2) is 18.6 Å². The van der Waals surface area contributed by atoms with Gasteiger partial charge in [0.25, 0.3) is 0 Å². The van der Waals surface area contributed by atoms with Crippen molar-refractivity contribution < 1.29 is 14.6 Å². The lowest BCUT2D eigenvalue weighted by Crippen LogP contribution is -2.56. The summed E-state index contributed by atoms with van der Waals surface area (Å²) in [7, 11) is 0. The summed E-state index contributed by atoms with van der Waals surface area (Å²) in [6, 6.07) is 0.179. The number of hydrogen-bond acceptors (Lipinski definition) is 4. The first kappa shape index (κ1) is 12.2. The number of ether oxygens (including phenoxy) is 1. The van der Waals surface area contributed by atoms with Gasteiger partial charge in [-0.2, -0.15) is 0 Å². The summed E-state index contributed by atoms with van der Waals surface area (Å²) in [6.07, 6.45) is 8.52. The van der Waals surface area contributed by atoms with Gasteiger partial charge in [-0.3, -0.25) is 4.98 Å². The number of piperidine rings is 2. The summed E-state index contributed by atoms with van der Waals surface area (Å²) in [5.74, 6) is 0.523. The van der Waals surface area contributed by atoms with Crippen LogP contribution in [0.5, 0.6) is 5.88 Å². The number of carbonyl (C=O) groups is 1. The Hall–Kier alpha value is -1.85. The van der Waals surface area contributed by atoms with E-state index in [0.717, 1.165) is 32.1 Å². The molecule has 1 amide bonds. The van der Waals surface area contributed by atoms with E-state index in [2.05, 4.69) is 9.97 Å². The molecule has 1 unspecified atom stereocenters. The summed E-state index contributed by atoms with van der Waals surface area (Å²) >= 11 is 0. The molecule has 0 radical (unpaired) electrons. The SMILES string of the molecule is O=C(O)N1[C@@H]2CCC[C@H]1CC(Oc1cnccn1)C2. The van der Waals surface area contributed by atoms with Crippen LogP contribution in [0.1, 0.15) is 32.1 Å². The second kappa shape index (κ2) is 5.03. The molecular formula is C13H17N3O3. The van der Waals surface area contributed by atoms with Crippen molar-refractivity contribution in [1.82, 2.24) is 14.9 Å². The standard InChI is InChI=1S/C13H17N3O3/c17-13(18)16-9-2-1-3-10(16)7-11(6-9)19-12-8-14-4-5-15-12/h4-5,8-11H,1-3,6-7H2,(H,17,18)/t9-,10+,11?. The molecule has 6 nitrogen and oxygen atoms in total. The molecule has 3 atom stereocenters. The number of nitrogens with zero attached hydrogens (tertiary/aromatic N) is 3. The van der Waals surface area contributed by atoms with Crippen molar-refractivity contribution in [2.75, 3.05) is 0 Å². The van der Waals surface area contributed by atoms with Crippen LogP contribution in [-0.2, 0) is 0 Å². The maximum atomic E-state index is 11.3. The highest BCUT2D eigenvalue weighted by Gasteiger charge is 2.41. The van der Waals surface area contributed by atoms with Gasteiger partial charge >= 0.3 is 6.09 Å². The Morgan fingerprint density at radius 1 is 1.32 bits per heavy atom. The third-order valence-electron chi connectivity index (χ3n) is 3.98. The van der Waals surface area contributed by atoms with Crippen molar-refractivity contribution in [3.8, 4) is 5.88 Å². The van der Waals surface area contributed by atoms with Crippen LogP contribution in [0.2, 0.25) is 0 Å². The predicted octanol–water partition coefficient (Wildman–Crippen LogP) is 1.92. The van der Waals surface area contributed by atoms with E-state index in [1.54, 1.807) is 23.5 Å². The Kier molecular flexibility index (Phi) is 3.23. The van der Waals surface area contributed by atoms with Crippen molar-refractivity contribution in [2.45, 2.75) is 50.3 Å². The summed E-state index contributed by atoms with van der Waals surface area (Å²) < 4.78 is 5.83. The highest BCUT2D eigenvalue weighted by molar-refractivity contribution is 5.66. The van der Waals surface area contributed by atoms with Crippen LogP contribution in [-0.4, -0.2) is 44.3 Å². The third-order valence-corrected chi connectivity index (χ3v) is 3.98. The maximum absolute atomic E-state index is 11.3. The van der Waals surface area contributed by atoms with Crippen LogP contribution in [0.3, 0.4) is 0 Å². The molecule has 19 heavy (non-hydrogen) atoms. The first-order valence-electron chi connectivity index (χ1n) is 6.68. The minimum Gasteiger partial charge on any atom is -0.473 e. The highest BCUT2D eigenvalue weighted by atomic mass is 16.5. The Morgan fingerprint density at radius 2 is 2.05 bits per heavy atom. The average Bonchev–Trinajstić information content (AvgIpc) is 2.38. The Balaban J connectivity index is 1.69. The summed E-state index contributed by atoms with van der Waals surface area (Å²) in [6.45, 7) is 0. The van der Waals surface area contributed by atoms with Crippen LogP contribution < -0.4 is 4.74 Å². The molecule has 2 bridgehead atoms. The van der Waals surface area contributed by atoms with Crippen molar-refractivity contribution in [1.29, 1.82) is 0 Å². The van der Waals surface area contributed by atoms with Crippen LogP contribution in [0, 0.1) is 0 Å². The smallest absolute Gasteiger partial charge is 0.407 e. The lowest BCUT2D eigenvalue weighted by atomic mass is 9.83. The molecule has 1 aromatic rings. The average molecular weight is 263 g/mol. The molecule has 2 fully saturated rings. The third kappa shape index (κ3) is 2.47. The van der Waals surface area contributed by atoms with E-state index in [9.17, 15) is 9.90 Å². The highest BCUT2D eigenvalue weighted by Crippen LogP contribution is 2.35. The molecule has 2 aliphatic rings. The molecule has 3 rings (SSSR count). The normalized spacial score (nSPS) is 29.9. The monoisotopic (exact) mass is 263 g/mol. The molecule has 0 saturated carbocycles. The molecule has 0 aromatic carbocycles. The molecule has 2 saturated heterocycles. The van der Waals surface area contributed by atoms with Gasteiger partial charge < -0.3 is 14.7 Å². The molecule has 2 aliphatic heterocycles. The van der Waals surface area contributed by atoms with Gasteiger partial charge in [-0.05, 0) is 19.3 Å². The topological polar surface area (TPSA) is 75.5 Å². The van der Waals surface area contributed by atoms with Gasteiger partial charge in [0.05, 0.1) is 6.20 Å². The second-order valence-electron chi connectivity index (χ2n) is 5.18. The van der Waals surface area contributed by atoms with Crippen LogP contribution in [0.25, 0.3) is 0 Å². The fourth-order valence-corrected chi connectivity index (χ4v) is 3.26. The van der Waals surface area contributed by atoms with E-state index in [0.29, 0.717) is 5.88 Å². The molecular weight excluding hydrogens is 246 g/mol. The number of hydrogen-bond donors (Lipinski definition) is 1. The Bertz CT molecular complexity index is 440. The minimum absolute atomic E-state index is 0.0441. The zero-order chi connectivity index (χ0) is 13.2. The largest absolute Gasteiger partial charge is 0.473 e. The number of carboxylic acid groups (broad SMARTS) is 1. The minimum atomic E-state index is -0.798. The second-order valence-corrected chi connectivity index (χ2v) is 5.18.